The Bertz CT molecular complexity index is 508. The van der Waals surface area contributed by atoms with Crippen LogP contribution in [-0.2, 0) is 4.79 Å². The lowest BCUT2D eigenvalue weighted by molar-refractivity contribution is -0.107. The quantitative estimate of drug-likeness (QED) is 0.473. The number of carbonyl (C=O) groups excluding carboxylic acids is 1. The summed E-state index contributed by atoms with van der Waals surface area (Å²) in [4.78, 5) is 11.9. The Morgan fingerprint density at radius 1 is 1.24 bits per heavy atom. The number of benzene rings is 1. The zero-order valence-electron chi connectivity index (χ0n) is 8.79. The largest absolute Gasteiger partial charge is 0.276 e. The molecule has 2 rings (SSSR count). The average molecular weight is 265 g/mol. The molecular formula is C12H9ClN2OS. The smallest absolute Gasteiger partial charge is 0.234 e. The van der Waals surface area contributed by atoms with E-state index in [2.05, 4.69) is 5.10 Å². The van der Waals surface area contributed by atoms with Crippen LogP contribution in [0.4, 0.5) is 5.69 Å². The Morgan fingerprint density at radius 2 is 2.00 bits per heavy atom. The van der Waals surface area contributed by atoms with E-state index in [9.17, 15) is 4.79 Å². The highest BCUT2D eigenvalue weighted by molar-refractivity contribution is 7.11. The van der Waals surface area contributed by atoms with E-state index in [4.69, 9.17) is 11.6 Å². The Morgan fingerprint density at radius 3 is 2.59 bits per heavy atom. The predicted octanol–water partition coefficient (Wildman–Crippen LogP) is 3.40. The summed E-state index contributed by atoms with van der Waals surface area (Å²) < 4.78 is 0. The van der Waals surface area contributed by atoms with Crippen LogP contribution in [0, 0.1) is 0 Å². The van der Waals surface area contributed by atoms with E-state index in [1.807, 2.05) is 17.5 Å². The van der Waals surface area contributed by atoms with Crippen LogP contribution in [0.3, 0.4) is 0 Å². The van der Waals surface area contributed by atoms with Crippen molar-refractivity contribution in [2.75, 3.05) is 5.01 Å². The van der Waals surface area contributed by atoms with Gasteiger partial charge in [-0.05, 0) is 35.7 Å². The highest BCUT2D eigenvalue weighted by atomic mass is 35.5. The minimum atomic E-state index is 0.627. The Kier molecular flexibility index (Phi) is 3.90. The summed E-state index contributed by atoms with van der Waals surface area (Å²) in [6.07, 6.45) is 2.31. The number of nitrogens with zero attached hydrogens (tertiary/aromatic N) is 2. The maximum absolute atomic E-state index is 10.9. The third-order valence-corrected chi connectivity index (χ3v) is 3.10. The molecule has 0 saturated heterocycles. The molecule has 0 unspecified atom stereocenters. The molecule has 1 aromatic carbocycles. The van der Waals surface area contributed by atoms with E-state index in [0.717, 1.165) is 4.88 Å². The third kappa shape index (κ3) is 3.15. The molecule has 5 heteroatoms. The number of carbonyl (C=O) groups is 1. The molecule has 1 amide bonds. The average Bonchev–Trinajstić information content (AvgIpc) is 2.85. The van der Waals surface area contributed by atoms with Gasteiger partial charge in [0.05, 0.1) is 11.9 Å². The van der Waals surface area contributed by atoms with Crippen molar-refractivity contribution in [3.05, 3.63) is 51.7 Å². The topological polar surface area (TPSA) is 32.7 Å². The van der Waals surface area contributed by atoms with Gasteiger partial charge in [0, 0.05) is 9.90 Å². The number of thiophene rings is 1. The van der Waals surface area contributed by atoms with E-state index >= 15 is 0 Å². The van der Waals surface area contributed by atoms with Crippen molar-refractivity contribution in [1.82, 2.24) is 0 Å². The SMILES string of the molecule is O=CN(N=Cc1cccs1)c1ccc(Cl)cc1. The van der Waals surface area contributed by atoms with Gasteiger partial charge in [0.15, 0.2) is 0 Å². The van der Waals surface area contributed by atoms with E-state index in [1.54, 1.807) is 41.8 Å². The monoisotopic (exact) mass is 264 g/mol. The molecule has 0 bridgehead atoms. The molecule has 3 nitrogen and oxygen atoms in total. The molecule has 1 heterocycles. The van der Waals surface area contributed by atoms with Crippen molar-refractivity contribution in [3.63, 3.8) is 0 Å². The molecule has 0 fully saturated rings. The number of rotatable bonds is 4. The van der Waals surface area contributed by atoms with E-state index < -0.39 is 0 Å². The second-order valence-electron chi connectivity index (χ2n) is 3.19. The summed E-state index contributed by atoms with van der Waals surface area (Å²) in [6, 6.07) is 10.8. The van der Waals surface area contributed by atoms with Crippen molar-refractivity contribution in [1.29, 1.82) is 0 Å². The van der Waals surface area contributed by atoms with Gasteiger partial charge in [-0.2, -0.15) is 5.10 Å². The van der Waals surface area contributed by atoms with E-state index in [1.165, 1.54) is 5.01 Å². The lowest BCUT2D eigenvalue weighted by atomic mass is 10.3. The Hall–Kier alpha value is -1.65. The van der Waals surface area contributed by atoms with E-state index in [-0.39, 0.29) is 0 Å². The summed E-state index contributed by atoms with van der Waals surface area (Å²) in [6.45, 7) is 0. The lowest BCUT2D eigenvalue weighted by Crippen LogP contribution is -2.13. The minimum absolute atomic E-state index is 0.627. The number of hydrogen-bond donors (Lipinski definition) is 0. The standard InChI is InChI=1S/C12H9ClN2OS/c13-10-3-5-11(6-4-10)15(9-16)14-8-12-2-1-7-17-12/h1-9H. The molecule has 0 aliphatic carbocycles. The highest BCUT2D eigenvalue weighted by Crippen LogP contribution is 2.17. The molecule has 86 valence electrons. The van der Waals surface area contributed by atoms with Gasteiger partial charge in [0.1, 0.15) is 0 Å². The highest BCUT2D eigenvalue weighted by Gasteiger charge is 2.02. The first-order valence-corrected chi connectivity index (χ1v) is 6.13. The van der Waals surface area contributed by atoms with Crippen LogP contribution in [-0.4, -0.2) is 12.6 Å². The van der Waals surface area contributed by atoms with Crippen LogP contribution in [0.25, 0.3) is 0 Å². The fourth-order valence-corrected chi connectivity index (χ4v) is 1.94. The van der Waals surface area contributed by atoms with Crippen molar-refractivity contribution >= 4 is 41.2 Å². The van der Waals surface area contributed by atoms with Gasteiger partial charge in [-0.3, -0.25) is 4.79 Å². The fraction of sp³-hybridized carbons (Fsp3) is 0. The number of amides is 1. The molecule has 1 aromatic heterocycles. The van der Waals surface area contributed by atoms with Gasteiger partial charge >= 0.3 is 0 Å². The first kappa shape index (κ1) is 11.8. The predicted molar refractivity (Wildman–Crippen MR) is 71.9 cm³/mol. The van der Waals surface area contributed by atoms with Crippen LogP contribution in [0.15, 0.2) is 46.9 Å². The van der Waals surface area contributed by atoms with Gasteiger partial charge in [-0.15, -0.1) is 11.3 Å². The zero-order valence-corrected chi connectivity index (χ0v) is 10.4. The van der Waals surface area contributed by atoms with Gasteiger partial charge < -0.3 is 0 Å². The molecule has 17 heavy (non-hydrogen) atoms. The van der Waals surface area contributed by atoms with Crippen LogP contribution in [0.2, 0.25) is 5.02 Å². The molecule has 0 N–H and O–H groups in total. The normalized spacial score (nSPS) is 10.6. The molecule has 0 spiro atoms. The van der Waals surface area contributed by atoms with E-state index in [0.29, 0.717) is 17.1 Å². The molecule has 0 aliphatic rings. The fourth-order valence-electron chi connectivity index (χ4n) is 1.23. The first-order valence-electron chi connectivity index (χ1n) is 4.87. The van der Waals surface area contributed by atoms with Gasteiger partial charge in [0.25, 0.3) is 0 Å². The number of halogens is 1. The molecule has 0 atom stereocenters. The lowest BCUT2D eigenvalue weighted by Gasteiger charge is -2.10. The first-order chi connectivity index (χ1) is 8.29. The number of hydrogen-bond acceptors (Lipinski definition) is 3. The van der Waals surface area contributed by atoms with Gasteiger partial charge in [0.2, 0.25) is 6.41 Å². The minimum Gasteiger partial charge on any atom is -0.276 e. The number of hydrazone groups is 1. The molecule has 0 saturated carbocycles. The maximum Gasteiger partial charge on any atom is 0.234 e. The van der Waals surface area contributed by atoms with Gasteiger partial charge in [-0.25, -0.2) is 5.01 Å². The summed E-state index contributed by atoms with van der Waals surface area (Å²) >= 11 is 7.33. The third-order valence-electron chi connectivity index (χ3n) is 2.04. The van der Waals surface area contributed by atoms with Gasteiger partial charge in [-0.1, -0.05) is 17.7 Å². The van der Waals surface area contributed by atoms with Crippen molar-refractivity contribution < 1.29 is 4.79 Å². The Labute approximate surface area is 108 Å². The van der Waals surface area contributed by atoms with Crippen molar-refractivity contribution in [2.45, 2.75) is 0 Å². The Balaban J connectivity index is 2.16. The summed E-state index contributed by atoms with van der Waals surface area (Å²) in [7, 11) is 0. The van der Waals surface area contributed by atoms with Crippen LogP contribution < -0.4 is 5.01 Å². The second-order valence-corrected chi connectivity index (χ2v) is 4.60. The van der Waals surface area contributed by atoms with Crippen LogP contribution in [0.5, 0.6) is 0 Å². The second kappa shape index (κ2) is 5.61. The molecular weight excluding hydrogens is 256 g/mol. The van der Waals surface area contributed by atoms with Crippen molar-refractivity contribution in [3.8, 4) is 0 Å². The molecule has 0 radical (unpaired) electrons. The van der Waals surface area contributed by atoms with Crippen molar-refractivity contribution in [2.24, 2.45) is 5.10 Å². The van der Waals surface area contributed by atoms with Crippen LogP contribution >= 0.6 is 22.9 Å². The molecule has 0 aliphatic heterocycles. The summed E-state index contributed by atoms with van der Waals surface area (Å²) in [5.41, 5.74) is 0.678. The summed E-state index contributed by atoms with van der Waals surface area (Å²) in [5.74, 6) is 0. The number of anilines is 1. The summed E-state index contributed by atoms with van der Waals surface area (Å²) in [5, 5.41) is 7.93. The molecule has 2 aromatic rings. The van der Waals surface area contributed by atoms with Crippen LogP contribution in [0.1, 0.15) is 4.88 Å². The maximum atomic E-state index is 10.9. The zero-order chi connectivity index (χ0) is 12.1.